The topological polar surface area (TPSA) is 63.4 Å². The molecule has 3 aromatic rings. The number of unbranched alkanes of at least 4 members (excludes halogenated alkanes) is 1. The van der Waals surface area contributed by atoms with E-state index < -0.39 is 0 Å². The quantitative estimate of drug-likeness (QED) is 0.518. The lowest BCUT2D eigenvalue weighted by Gasteiger charge is -2.35. The molecule has 0 bridgehead atoms. The maximum Gasteiger partial charge on any atom is 0.341 e. The molecule has 4 rings (SSSR count). The molecule has 1 aromatic carbocycles. The second kappa shape index (κ2) is 9.86. The summed E-state index contributed by atoms with van der Waals surface area (Å²) in [5.41, 5.74) is 0.768. The summed E-state index contributed by atoms with van der Waals surface area (Å²) in [6.45, 7) is 5.98. The molecule has 0 N–H and O–H groups in total. The number of pyridine rings is 1. The van der Waals surface area contributed by atoms with Gasteiger partial charge in [-0.1, -0.05) is 36.4 Å². The van der Waals surface area contributed by atoms with Crippen molar-refractivity contribution in [3.63, 3.8) is 0 Å². The summed E-state index contributed by atoms with van der Waals surface area (Å²) in [6.07, 6.45) is 3.75. The third kappa shape index (κ3) is 5.06. The van der Waals surface area contributed by atoms with Crippen LogP contribution >= 0.6 is 11.5 Å². The first kappa shape index (κ1) is 20.6. The highest BCUT2D eigenvalue weighted by atomic mass is 32.1. The van der Waals surface area contributed by atoms with Crippen molar-refractivity contribution in [3.05, 3.63) is 80.4 Å². The number of hydrogen-bond donors (Lipinski definition) is 0. The van der Waals surface area contributed by atoms with Crippen molar-refractivity contribution in [1.82, 2.24) is 18.4 Å². The van der Waals surface area contributed by atoms with Crippen LogP contribution in [-0.4, -0.2) is 51.1 Å². The standard InChI is InChI=1S/C22H27N5O2S/c28-21-26(18-19-8-2-1-3-9-19)22(29)30-27(21)13-7-6-12-24-14-16-25(17-15-24)20-10-4-5-11-23-20/h1-5,8-11H,6-7,12-18H2. The summed E-state index contributed by atoms with van der Waals surface area (Å²) in [6, 6.07) is 15.7. The summed E-state index contributed by atoms with van der Waals surface area (Å²) >= 11 is 1.03. The van der Waals surface area contributed by atoms with E-state index >= 15 is 0 Å². The van der Waals surface area contributed by atoms with Gasteiger partial charge in [-0.05, 0) is 37.1 Å². The van der Waals surface area contributed by atoms with E-state index in [0.29, 0.717) is 13.1 Å². The van der Waals surface area contributed by atoms with Gasteiger partial charge in [-0.3, -0.25) is 9.69 Å². The maximum atomic E-state index is 12.6. The molecule has 2 aromatic heterocycles. The van der Waals surface area contributed by atoms with Crippen molar-refractivity contribution in [2.24, 2.45) is 0 Å². The largest absolute Gasteiger partial charge is 0.354 e. The average Bonchev–Trinajstić information content (AvgIpc) is 3.06. The van der Waals surface area contributed by atoms with E-state index in [1.165, 1.54) is 4.57 Å². The first-order valence-corrected chi connectivity index (χ1v) is 11.2. The van der Waals surface area contributed by atoms with Crippen LogP contribution in [0.25, 0.3) is 0 Å². The molecule has 1 saturated heterocycles. The zero-order chi connectivity index (χ0) is 20.8. The van der Waals surface area contributed by atoms with Crippen molar-refractivity contribution in [2.45, 2.75) is 25.9 Å². The fourth-order valence-corrected chi connectivity index (χ4v) is 4.59. The van der Waals surface area contributed by atoms with Crippen LogP contribution in [0.2, 0.25) is 0 Å². The molecule has 0 unspecified atom stereocenters. The van der Waals surface area contributed by atoms with Gasteiger partial charge in [-0.2, -0.15) is 0 Å². The lowest BCUT2D eigenvalue weighted by molar-refractivity contribution is 0.251. The SMILES string of the molecule is O=c1sn(CCCCN2CCN(c3ccccn3)CC2)c(=O)n1Cc1ccccc1. The Morgan fingerprint density at radius 2 is 1.60 bits per heavy atom. The van der Waals surface area contributed by atoms with Crippen molar-refractivity contribution >= 4 is 17.4 Å². The van der Waals surface area contributed by atoms with Crippen molar-refractivity contribution < 1.29 is 0 Å². The van der Waals surface area contributed by atoms with E-state index in [0.717, 1.165) is 68.5 Å². The van der Waals surface area contributed by atoms with Gasteiger partial charge < -0.3 is 4.90 Å². The lowest BCUT2D eigenvalue weighted by Crippen LogP contribution is -2.46. The predicted octanol–water partition coefficient (Wildman–Crippen LogP) is 2.12. The highest BCUT2D eigenvalue weighted by molar-refractivity contribution is 7.03. The molecule has 0 atom stereocenters. The Bertz CT molecular complexity index is 1040. The van der Waals surface area contributed by atoms with Gasteiger partial charge in [0, 0.05) is 50.5 Å². The number of benzene rings is 1. The van der Waals surface area contributed by atoms with E-state index in [-0.39, 0.29) is 10.6 Å². The molecule has 0 spiro atoms. The van der Waals surface area contributed by atoms with Crippen LogP contribution in [-0.2, 0) is 13.1 Å². The summed E-state index contributed by atoms with van der Waals surface area (Å²) in [4.78, 5) is 33.8. The molecule has 8 heteroatoms. The number of rotatable bonds is 8. The smallest absolute Gasteiger partial charge is 0.341 e. The van der Waals surface area contributed by atoms with Gasteiger partial charge in [0.05, 0.1) is 6.54 Å². The Balaban J connectivity index is 1.22. The summed E-state index contributed by atoms with van der Waals surface area (Å²) < 4.78 is 2.93. The zero-order valence-corrected chi connectivity index (χ0v) is 17.8. The number of piperazine rings is 1. The number of anilines is 1. The highest BCUT2D eigenvalue weighted by Gasteiger charge is 2.17. The fourth-order valence-electron chi connectivity index (χ4n) is 3.77. The Hall–Kier alpha value is -2.71. The molecule has 1 aliphatic heterocycles. The van der Waals surface area contributed by atoms with E-state index in [9.17, 15) is 9.59 Å². The van der Waals surface area contributed by atoms with Gasteiger partial charge in [0.1, 0.15) is 5.82 Å². The third-order valence-electron chi connectivity index (χ3n) is 5.47. The molecule has 1 aliphatic rings. The van der Waals surface area contributed by atoms with Crippen molar-refractivity contribution in [3.8, 4) is 0 Å². The van der Waals surface area contributed by atoms with E-state index in [1.807, 2.05) is 48.7 Å². The molecule has 30 heavy (non-hydrogen) atoms. The number of nitrogens with zero attached hydrogens (tertiary/aromatic N) is 5. The predicted molar refractivity (Wildman–Crippen MR) is 121 cm³/mol. The minimum Gasteiger partial charge on any atom is -0.354 e. The van der Waals surface area contributed by atoms with Gasteiger partial charge in [-0.25, -0.2) is 18.3 Å². The molecule has 158 valence electrons. The second-order valence-corrected chi connectivity index (χ2v) is 8.51. The Kier molecular flexibility index (Phi) is 6.76. The molecule has 3 heterocycles. The Morgan fingerprint density at radius 1 is 0.867 bits per heavy atom. The van der Waals surface area contributed by atoms with Gasteiger partial charge in [0.25, 0.3) is 0 Å². The van der Waals surface area contributed by atoms with Crippen LogP contribution in [0.3, 0.4) is 0 Å². The summed E-state index contributed by atoms with van der Waals surface area (Å²) in [7, 11) is 0. The molecule has 0 radical (unpaired) electrons. The van der Waals surface area contributed by atoms with Gasteiger partial charge in [0.2, 0.25) is 0 Å². The van der Waals surface area contributed by atoms with Crippen LogP contribution in [0.15, 0.2) is 64.3 Å². The van der Waals surface area contributed by atoms with Gasteiger partial charge in [-0.15, -0.1) is 0 Å². The molecule has 0 amide bonds. The number of aromatic nitrogens is 3. The van der Waals surface area contributed by atoms with Crippen molar-refractivity contribution in [2.75, 3.05) is 37.6 Å². The Labute approximate surface area is 180 Å². The Morgan fingerprint density at radius 3 is 2.33 bits per heavy atom. The van der Waals surface area contributed by atoms with Crippen LogP contribution in [0.1, 0.15) is 18.4 Å². The first-order valence-electron chi connectivity index (χ1n) is 10.4. The average molecular weight is 426 g/mol. The normalized spacial score (nSPS) is 14.9. The summed E-state index contributed by atoms with van der Waals surface area (Å²) in [5, 5.41) is 0. The monoisotopic (exact) mass is 425 g/mol. The summed E-state index contributed by atoms with van der Waals surface area (Å²) in [5.74, 6) is 1.05. The van der Waals surface area contributed by atoms with Crippen LogP contribution in [0.5, 0.6) is 0 Å². The van der Waals surface area contributed by atoms with E-state index in [4.69, 9.17) is 0 Å². The van der Waals surface area contributed by atoms with Crippen LogP contribution in [0, 0.1) is 0 Å². The highest BCUT2D eigenvalue weighted by Crippen LogP contribution is 2.13. The molecule has 0 aliphatic carbocycles. The van der Waals surface area contributed by atoms with E-state index in [2.05, 4.69) is 20.9 Å². The van der Waals surface area contributed by atoms with Crippen LogP contribution in [0.4, 0.5) is 5.82 Å². The van der Waals surface area contributed by atoms with Crippen molar-refractivity contribution in [1.29, 1.82) is 0 Å². The minimum absolute atomic E-state index is 0.186. The van der Waals surface area contributed by atoms with E-state index in [1.54, 1.807) is 3.96 Å². The first-order chi connectivity index (χ1) is 14.7. The fraction of sp³-hybridized carbons (Fsp3) is 0.409. The molecule has 7 nitrogen and oxygen atoms in total. The lowest BCUT2D eigenvalue weighted by atomic mass is 10.2. The maximum absolute atomic E-state index is 12.6. The minimum atomic E-state index is -0.196. The zero-order valence-electron chi connectivity index (χ0n) is 17.0. The number of aryl methyl sites for hydroxylation is 1. The second-order valence-electron chi connectivity index (χ2n) is 7.54. The van der Waals surface area contributed by atoms with Crippen LogP contribution < -0.4 is 15.5 Å². The number of hydrogen-bond acceptors (Lipinski definition) is 6. The van der Waals surface area contributed by atoms with Gasteiger partial charge >= 0.3 is 10.6 Å². The van der Waals surface area contributed by atoms with Gasteiger partial charge in [0.15, 0.2) is 0 Å². The molecule has 1 fully saturated rings. The molecule has 0 saturated carbocycles. The third-order valence-corrected chi connectivity index (χ3v) is 6.40. The molecular weight excluding hydrogens is 398 g/mol. The molecular formula is C22H27N5O2S.